The highest BCUT2D eigenvalue weighted by molar-refractivity contribution is 5.79. The molecule has 1 heterocycles. The molecular formula is C22H22N2O. The largest absolute Gasteiger partial charge is 0.349 e. The van der Waals surface area contributed by atoms with Crippen LogP contribution in [0.25, 0.3) is 5.69 Å². The standard InChI is InChI=1S/C22H22N2O/c25-22(23-21-9-5-7-18-6-1-2-8-20(18)21)16-17-10-12-19(13-11-17)24-14-3-4-15-24/h1-4,6,8,10-15,21H,5,7,9,16H2,(H,23,25)/t21-/m0/s1. The van der Waals surface area contributed by atoms with Crippen molar-refractivity contribution in [2.75, 3.05) is 0 Å². The zero-order chi connectivity index (χ0) is 17.1. The monoisotopic (exact) mass is 330 g/mol. The van der Waals surface area contributed by atoms with Crippen molar-refractivity contribution in [1.29, 1.82) is 0 Å². The number of amides is 1. The molecule has 1 N–H and O–H groups in total. The van der Waals surface area contributed by atoms with Crippen LogP contribution < -0.4 is 5.32 Å². The molecule has 1 atom stereocenters. The first-order valence-electron chi connectivity index (χ1n) is 8.89. The number of aryl methyl sites for hydroxylation is 1. The number of nitrogens with zero attached hydrogens (tertiary/aromatic N) is 1. The van der Waals surface area contributed by atoms with Crippen molar-refractivity contribution in [1.82, 2.24) is 9.88 Å². The molecule has 25 heavy (non-hydrogen) atoms. The molecule has 0 radical (unpaired) electrons. The van der Waals surface area contributed by atoms with Crippen molar-refractivity contribution in [3.63, 3.8) is 0 Å². The highest BCUT2D eigenvalue weighted by atomic mass is 16.1. The first kappa shape index (κ1) is 15.7. The Kier molecular flexibility index (Phi) is 4.38. The lowest BCUT2D eigenvalue weighted by molar-refractivity contribution is -0.121. The van der Waals surface area contributed by atoms with Gasteiger partial charge in [-0.2, -0.15) is 0 Å². The first-order valence-corrected chi connectivity index (χ1v) is 8.89. The molecule has 0 aliphatic heterocycles. The van der Waals surface area contributed by atoms with E-state index in [0.717, 1.165) is 30.5 Å². The minimum Gasteiger partial charge on any atom is -0.349 e. The zero-order valence-electron chi connectivity index (χ0n) is 14.2. The zero-order valence-corrected chi connectivity index (χ0v) is 14.2. The SMILES string of the molecule is O=C(Cc1ccc(-n2cccc2)cc1)N[C@H]1CCCc2ccccc21. The summed E-state index contributed by atoms with van der Waals surface area (Å²) in [5.41, 5.74) is 4.80. The topological polar surface area (TPSA) is 34.0 Å². The number of carbonyl (C=O) groups is 1. The van der Waals surface area contributed by atoms with E-state index in [-0.39, 0.29) is 11.9 Å². The third-order valence-corrected chi connectivity index (χ3v) is 4.91. The van der Waals surface area contributed by atoms with Gasteiger partial charge in [0.1, 0.15) is 0 Å². The fourth-order valence-electron chi connectivity index (χ4n) is 3.63. The van der Waals surface area contributed by atoms with Crippen LogP contribution >= 0.6 is 0 Å². The molecule has 0 saturated carbocycles. The quantitative estimate of drug-likeness (QED) is 0.764. The minimum absolute atomic E-state index is 0.0930. The predicted molar refractivity (Wildman–Crippen MR) is 99.7 cm³/mol. The molecule has 2 aromatic carbocycles. The van der Waals surface area contributed by atoms with Crippen molar-refractivity contribution in [3.8, 4) is 5.69 Å². The number of benzene rings is 2. The maximum atomic E-state index is 12.5. The van der Waals surface area contributed by atoms with Gasteiger partial charge in [-0.05, 0) is 60.2 Å². The van der Waals surface area contributed by atoms with Crippen LogP contribution in [0.4, 0.5) is 0 Å². The van der Waals surface area contributed by atoms with Gasteiger partial charge in [0.15, 0.2) is 0 Å². The summed E-state index contributed by atoms with van der Waals surface area (Å²) in [6, 6.07) is 20.8. The van der Waals surface area contributed by atoms with Gasteiger partial charge in [-0.25, -0.2) is 0 Å². The number of fused-ring (bicyclic) bond motifs is 1. The lowest BCUT2D eigenvalue weighted by Crippen LogP contribution is -2.32. The molecule has 1 amide bonds. The van der Waals surface area contributed by atoms with Crippen LogP contribution in [0.5, 0.6) is 0 Å². The Morgan fingerprint density at radius 2 is 1.76 bits per heavy atom. The Labute approximate surface area is 148 Å². The van der Waals surface area contributed by atoms with E-state index in [1.807, 2.05) is 36.7 Å². The number of hydrogen-bond donors (Lipinski definition) is 1. The molecule has 1 aliphatic carbocycles. The smallest absolute Gasteiger partial charge is 0.224 e. The van der Waals surface area contributed by atoms with Crippen LogP contribution in [0.2, 0.25) is 0 Å². The summed E-state index contributed by atoms with van der Waals surface area (Å²) in [5, 5.41) is 3.22. The maximum absolute atomic E-state index is 12.5. The highest BCUT2D eigenvalue weighted by Crippen LogP contribution is 2.29. The maximum Gasteiger partial charge on any atom is 0.224 e. The molecule has 3 aromatic rings. The average molecular weight is 330 g/mol. The second kappa shape index (κ2) is 6.98. The third kappa shape index (κ3) is 3.50. The normalized spacial score (nSPS) is 16.2. The van der Waals surface area contributed by atoms with E-state index >= 15 is 0 Å². The number of aromatic nitrogens is 1. The van der Waals surface area contributed by atoms with E-state index in [2.05, 4.69) is 46.3 Å². The number of nitrogens with one attached hydrogen (secondary N) is 1. The van der Waals surface area contributed by atoms with E-state index in [1.54, 1.807) is 0 Å². The van der Waals surface area contributed by atoms with Gasteiger partial charge in [-0.1, -0.05) is 36.4 Å². The Hall–Kier alpha value is -2.81. The Morgan fingerprint density at radius 3 is 2.56 bits per heavy atom. The molecule has 3 heteroatoms. The minimum atomic E-state index is 0.0930. The third-order valence-electron chi connectivity index (χ3n) is 4.91. The highest BCUT2D eigenvalue weighted by Gasteiger charge is 2.21. The molecule has 1 aromatic heterocycles. The molecule has 0 bridgehead atoms. The van der Waals surface area contributed by atoms with E-state index in [0.29, 0.717) is 6.42 Å². The molecule has 0 unspecified atom stereocenters. The fourth-order valence-corrected chi connectivity index (χ4v) is 3.63. The summed E-state index contributed by atoms with van der Waals surface area (Å²) in [4.78, 5) is 12.5. The average Bonchev–Trinajstić information content (AvgIpc) is 3.17. The van der Waals surface area contributed by atoms with Gasteiger partial charge in [0.05, 0.1) is 12.5 Å². The number of carbonyl (C=O) groups excluding carboxylic acids is 1. The van der Waals surface area contributed by atoms with Crippen molar-refractivity contribution >= 4 is 5.91 Å². The molecule has 126 valence electrons. The second-order valence-electron chi connectivity index (χ2n) is 6.64. The first-order chi connectivity index (χ1) is 12.3. The molecule has 1 aliphatic rings. The summed E-state index contributed by atoms with van der Waals surface area (Å²) in [5.74, 6) is 0.0930. The van der Waals surface area contributed by atoms with Gasteiger partial charge in [0.25, 0.3) is 0 Å². The van der Waals surface area contributed by atoms with Gasteiger partial charge in [0.2, 0.25) is 5.91 Å². The number of hydrogen-bond acceptors (Lipinski definition) is 1. The Bertz CT molecular complexity index is 850. The summed E-state index contributed by atoms with van der Waals surface area (Å²) in [6.07, 6.45) is 7.72. The van der Waals surface area contributed by atoms with Crippen molar-refractivity contribution < 1.29 is 4.79 Å². The molecular weight excluding hydrogens is 308 g/mol. The summed E-state index contributed by atoms with van der Waals surface area (Å²) >= 11 is 0. The predicted octanol–water partition coefficient (Wildman–Crippen LogP) is 4.21. The molecule has 3 nitrogen and oxygen atoms in total. The van der Waals surface area contributed by atoms with Crippen LogP contribution in [-0.2, 0) is 17.6 Å². The van der Waals surface area contributed by atoms with Crippen molar-refractivity contribution in [2.24, 2.45) is 0 Å². The van der Waals surface area contributed by atoms with E-state index in [4.69, 9.17) is 0 Å². The van der Waals surface area contributed by atoms with Crippen LogP contribution in [-0.4, -0.2) is 10.5 Å². The summed E-state index contributed by atoms with van der Waals surface area (Å²) < 4.78 is 2.06. The summed E-state index contributed by atoms with van der Waals surface area (Å²) in [7, 11) is 0. The lowest BCUT2D eigenvalue weighted by Gasteiger charge is -2.26. The second-order valence-corrected chi connectivity index (χ2v) is 6.64. The molecule has 4 rings (SSSR count). The van der Waals surface area contributed by atoms with Gasteiger partial charge < -0.3 is 9.88 Å². The number of rotatable bonds is 4. The van der Waals surface area contributed by atoms with Gasteiger partial charge >= 0.3 is 0 Å². The summed E-state index contributed by atoms with van der Waals surface area (Å²) in [6.45, 7) is 0. The Morgan fingerprint density at radius 1 is 1.00 bits per heavy atom. The van der Waals surface area contributed by atoms with E-state index in [1.165, 1.54) is 11.1 Å². The Balaban J connectivity index is 1.41. The van der Waals surface area contributed by atoms with Crippen molar-refractivity contribution in [3.05, 3.63) is 89.7 Å². The molecule has 0 saturated heterocycles. The van der Waals surface area contributed by atoms with Crippen LogP contribution in [0.3, 0.4) is 0 Å². The van der Waals surface area contributed by atoms with Gasteiger partial charge in [-0.3, -0.25) is 4.79 Å². The van der Waals surface area contributed by atoms with E-state index in [9.17, 15) is 4.79 Å². The van der Waals surface area contributed by atoms with Crippen molar-refractivity contribution in [2.45, 2.75) is 31.7 Å². The van der Waals surface area contributed by atoms with E-state index < -0.39 is 0 Å². The van der Waals surface area contributed by atoms with Crippen LogP contribution in [0.1, 0.15) is 35.6 Å². The molecule has 0 fully saturated rings. The fraction of sp³-hybridized carbons (Fsp3) is 0.227. The van der Waals surface area contributed by atoms with Gasteiger partial charge in [0, 0.05) is 18.1 Å². The van der Waals surface area contributed by atoms with Gasteiger partial charge in [-0.15, -0.1) is 0 Å². The lowest BCUT2D eigenvalue weighted by atomic mass is 9.87. The van der Waals surface area contributed by atoms with Crippen LogP contribution in [0.15, 0.2) is 73.1 Å². The molecule has 0 spiro atoms. The van der Waals surface area contributed by atoms with Crippen LogP contribution in [0, 0.1) is 0 Å².